The summed E-state index contributed by atoms with van der Waals surface area (Å²) in [7, 11) is -6.22. The van der Waals surface area contributed by atoms with E-state index < -0.39 is 130 Å². The molecule has 0 radical (unpaired) electrons. The Labute approximate surface area is 575 Å². The van der Waals surface area contributed by atoms with E-state index in [0.717, 1.165) is 29.5 Å². The summed E-state index contributed by atoms with van der Waals surface area (Å²) < 4.78 is 70.2. The molecule has 8 N–H and O–H groups in total. The number of nitrogens with zero attached hydrogens (tertiary/aromatic N) is 4. The fourth-order valence-electron chi connectivity index (χ4n) is 11.4. The molecule has 2 aliphatic rings. The third-order valence-corrected chi connectivity index (χ3v) is 20.6. The smallest absolute Gasteiger partial charge is 0.261 e. The second-order valence-electron chi connectivity index (χ2n) is 22.9. The first-order chi connectivity index (χ1) is 48.1. The molecule has 522 valence electrons. The van der Waals surface area contributed by atoms with Gasteiger partial charge in [-0.1, -0.05) is 78.9 Å². The van der Waals surface area contributed by atoms with E-state index in [4.69, 9.17) is 9.47 Å². The number of hydrogen-bond acceptors (Lipinski definition) is 18. The molecule has 28 nitrogen and oxygen atoms in total. The molecule has 7 aromatic carbocycles. The van der Waals surface area contributed by atoms with Gasteiger partial charge in [0.15, 0.2) is 0 Å². The summed E-state index contributed by atoms with van der Waals surface area (Å²) in [6, 6.07) is 40.1. The minimum absolute atomic E-state index is 0.0146. The Kier molecular flexibility index (Phi) is 24.5. The van der Waals surface area contributed by atoms with Crippen LogP contribution in [0.2, 0.25) is 0 Å². The molecule has 0 spiro atoms. The van der Waals surface area contributed by atoms with Crippen LogP contribution in [0.1, 0.15) is 101 Å². The highest BCUT2D eigenvalue weighted by Gasteiger charge is 2.42. The van der Waals surface area contributed by atoms with Crippen molar-refractivity contribution in [3.05, 3.63) is 203 Å². The molecule has 0 saturated carbocycles. The molecule has 9 rings (SSSR count). The molecule has 0 fully saturated rings. The van der Waals surface area contributed by atoms with Gasteiger partial charge in [-0.3, -0.25) is 68.2 Å². The third kappa shape index (κ3) is 17.3. The molecule has 0 aliphatic carbocycles. The van der Waals surface area contributed by atoms with E-state index in [1.807, 2.05) is 0 Å². The highest BCUT2D eigenvalue weighted by atomic mass is 32.2. The number of ether oxygens (including phenoxy) is 2. The fourth-order valence-corrected chi connectivity index (χ4v) is 14.6. The molecular formula is C70H72N10O18S2. The summed E-state index contributed by atoms with van der Waals surface area (Å²) in [5.41, 5.74) is 6.50. The van der Waals surface area contributed by atoms with E-state index >= 15 is 0 Å². The number of sulfonamides is 2. The van der Waals surface area contributed by atoms with Gasteiger partial charge in [-0.15, -0.1) is 0 Å². The number of rotatable bonds is 34. The van der Waals surface area contributed by atoms with E-state index in [9.17, 15) is 75.2 Å². The number of imide groups is 2. The van der Waals surface area contributed by atoms with Crippen molar-refractivity contribution in [3.63, 3.8) is 0 Å². The molecule has 0 saturated heterocycles. The van der Waals surface area contributed by atoms with Gasteiger partial charge in [0.05, 0.1) is 46.3 Å². The van der Waals surface area contributed by atoms with Gasteiger partial charge in [0, 0.05) is 76.3 Å². The number of methoxy groups -OCH3 is 2. The van der Waals surface area contributed by atoms with E-state index in [1.165, 1.54) is 98.0 Å². The van der Waals surface area contributed by atoms with Gasteiger partial charge in [-0.2, -0.15) is 8.61 Å². The van der Waals surface area contributed by atoms with Gasteiger partial charge < -0.3 is 30.7 Å². The summed E-state index contributed by atoms with van der Waals surface area (Å²) >= 11 is 0. The van der Waals surface area contributed by atoms with Crippen LogP contribution in [-0.2, 0) is 39.2 Å². The van der Waals surface area contributed by atoms with Gasteiger partial charge in [0.1, 0.15) is 23.6 Å². The van der Waals surface area contributed by atoms with Gasteiger partial charge in [-0.05, 0) is 139 Å². The maximum atomic E-state index is 14.5. The van der Waals surface area contributed by atoms with E-state index in [0.29, 0.717) is 22.6 Å². The van der Waals surface area contributed by atoms with Crippen LogP contribution in [0, 0.1) is 0 Å². The molecule has 10 amide bonds. The number of benzene rings is 7. The Morgan fingerprint density at radius 2 is 0.750 bits per heavy atom. The number of nitrogens with one attached hydrogen (secondary N) is 6. The van der Waals surface area contributed by atoms with E-state index in [2.05, 4.69) is 21.3 Å². The van der Waals surface area contributed by atoms with Gasteiger partial charge >= 0.3 is 0 Å². The first-order valence-electron chi connectivity index (χ1n) is 31.6. The predicted octanol–water partition coefficient (Wildman–Crippen LogP) is 4.79. The topological polar surface area (TPSA) is 383 Å². The first kappa shape index (κ1) is 73.2. The van der Waals surface area contributed by atoms with Crippen molar-refractivity contribution in [1.82, 2.24) is 50.6 Å². The molecule has 2 atom stereocenters. The number of amides is 10. The average Bonchev–Trinajstić information content (AvgIpc) is 1.77. The van der Waals surface area contributed by atoms with Crippen molar-refractivity contribution in [2.24, 2.45) is 0 Å². The molecule has 0 bridgehead atoms. The van der Waals surface area contributed by atoms with Crippen LogP contribution in [0.25, 0.3) is 22.3 Å². The van der Waals surface area contributed by atoms with E-state index in [1.54, 1.807) is 97.1 Å². The lowest BCUT2D eigenvalue weighted by atomic mass is 10.1. The SMILES string of the molecule is COc1ccc(-c2ccc(S(=O)(=O)N(CCNC(=O)CCCNC(=O)c3cccc(C(=O)NCCCC(=O)NCCN([C@H](CCN4C(=O)c5ccccc5C4=O)C(=O)NO)S(=O)(=O)c4ccc(-c5ccc(OC)cc5)cc4)c3)[C@H](CCN3C(=O)c4ccccc4C3=O)C(=O)NO)cc2)cc1. The maximum absolute atomic E-state index is 14.5. The second-order valence-corrected chi connectivity index (χ2v) is 26.7. The Hall–Kier alpha value is -11.0. The summed E-state index contributed by atoms with van der Waals surface area (Å²) in [5.74, 6) is -6.02. The maximum Gasteiger partial charge on any atom is 0.261 e. The minimum Gasteiger partial charge on any atom is -0.497 e. The number of fused-ring (bicyclic) bond motifs is 2. The van der Waals surface area contributed by atoms with Gasteiger partial charge in [0.25, 0.3) is 47.3 Å². The fraction of sp³-hybridized carbons (Fsp3) is 0.257. The van der Waals surface area contributed by atoms with Crippen LogP contribution in [0.5, 0.6) is 11.5 Å². The van der Waals surface area contributed by atoms with Crippen LogP contribution in [0.15, 0.2) is 180 Å². The quantitative estimate of drug-likeness (QED) is 0.0116. The highest BCUT2D eigenvalue weighted by molar-refractivity contribution is 7.89. The molecule has 0 unspecified atom stereocenters. The molecule has 2 heterocycles. The van der Waals surface area contributed by atoms with Crippen molar-refractivity contribution in [2.75, 3.05) is 66.6 Å². The Bertz CT molecular complexity index is 4100. The predicted molar refractivity (Wildman–Crippen MR) is 361 cm³/mol. The zero-order chi connectivity index (χ0) is 71.7. The first-order valence-corrected chi connectivity index (χ1v) is 34.5. The molecular weight excluding hydrogens is 1330 g/mol. The zero-order valence-corrected chi connectivity index (χ0v) is 55.9. The van der Waals surface area contributed by atoms with Crippen LogP contribution < -0.4 is 41.7 Å². The van der Waals surface area contributed by atoms with Crippen molar-refractivity contribution >= 4 is 79.1 Å². The van der Waals surface area contributed by atoms with E-state index in [-0.39, 0.29) is 95.0 Å². The summed E-state index contributed by atoms with van der Waals surface area (Å²) in [6.07, 6.45) is -1.01. The Morgan fingerprint density at radius 1 is 0.430 bits per heavy atom. The molecule has 30 heteroatoms. The minimum atomic E-state index is -4.63. The molecule has 7 aromatic rings. The van der Waals surface area contributed by atoms with Crippen LogP contribution in [-0.4, -0.2) is 183 Å². The average molecular weight is 1410 g/mol. The number of carbonyl (C=O) groups is 10. The van der Waals surface area contributed by atoms with Crippen molar-refractivity contribution in [1.29, 1.82) is 0 Å². The third-order valence-electron chi connectivity index (χ3n) is 16.7. The number of carbonyl (C=O) groups excluding carboxylic acids is 10. The van der Waals surface area contributed by atoms with Crippen molar-refractivity contribution < 1.29 is 84.7 Å². The highest BCUT2D eigenvalue weighted by Crippen LogP contribution is 2.31. The number of hydroxylamine groups is 2. The lowest BCUT2D eigenvalue weighted by molar-refractivity contribution is -0.134. The Balaban J connectivity index is 0.752. The monoisotopic (exact) mass is 1400 g/mol. The summed E-state index contributed by atoms with van der Waals surface area (Å²) in [6.45, 7) is -2.59. The lowest BCUT2D eigenvalue weighted by Crippen LogP contribution is -2.52. The normalized spacial score (nSPS) is 13.3. The number of hydrogen-bond donors (Lipinski definition) is 8. The Morgan fingerprint density at radius 3 is 1.06 bits per heavy atom. The van der Waals surface area contributed by atoms with Crippen LogP contribution >= 0.6 is 0 Å². The summed E-state index contributed by atoms with van der Waals surface area (Å²) in [4.78, 5) is 134. The van der Waals surface area contributed by atoms with Crippen LogP contribution in [0.3, 0.4) is 0 Å². The van der Waals surface area contributed by atoms with Crippen molar-refractivity contribution in [3.8, 4) is 33.8 Å². The molecule has 100 heavy (non-hydrogen) atoms. The molecule has 0 aromatic heterocycles. The lowest BCUT2D eigenvalue weighted by Gasteiger charge is -2.30. The molecule has 2 aliphatic heterocycles. The van der Waals surface area contributed by atoms with Gasteiger partial charge in [-0.25, -0.2) is 27.8 Å². The zero-order valence-electron chi connectivity index (χ0n) is 54.3. The van der Waals surface area contributed by atoms with Crippen LogP contribution in [0.4, 0.5) is 0 Å². The largest absolute Gasteiger partial charge is 0.497 e. The van der Waals surface area contributed by atoms with Crippen molar-refractivity contribution in [2.45, 2.75) is 60.4 Å². The second kappa shape index (κ2) is 33.5. The standard InChI is InChI=1S/C70H72N10O18S2/c1-97-51-26-18-45(19-27-51)47-22-30-53(31-23-47)99(93,94)79(59(65(85)75-91)34-40-77-67(87)55-12-3-4-13-56(55)68(77)88)42-38-71-61(81)16-8-36-73-63(83)49-10-7-11-50(44-49)64(84)74-37-9-17-62(82)72-39-43-80(100(95,96)54-32-24-48(25-33-54)46-20-28-52(98-2)29-21-46)60(66(86)76-92)35-41-78-69(89)57-14-5-6-15-58(57)70(78)90/h3-7,10-15,18-33,44,59-60,91-92H,8-9,16-17,34-43H2,1-2H3,(H,71,81)(H,72,82)(H,73,83)(H,74,84)(H,75,85)(H,76,86)/t59-,60-/m1/s1. The summed E-state index contributed by atoms with van der Waals surface area (Å²) in [5, 5.41) is 30.4. The van der Waals surface area contributed by atoms with Gasteiger partial charge in [0.2, 0.25) is 31.9 Å².